The van der Waals surface area contributed by atoms with Gasteiger partial charge in [0.25, 0.3) is 5.91 Å². The first-order chi connectivity index (χ1) is 24.7. The van der Waals surface area contributed by atoms with E-state index < -0.39 is 0 Å². The number of thioether (sulfide) groups is 1. The lowest BCUT2D eigenvalue weighted by Crippen LogP contribution is -2.44. The van der Waals surface area contributed by atoms with Gasteiger partial charge in [-0.05, 0) is 93.9 Å². The maximum atomic E-state index is 13.4. The second kappa shape index (κ2) is 18.6. The number of piperidine rings is 1. The van der Waals surface area contributed by atoms with Gasteiger partial charge in [0.2, 0.25) is 5.91 Å². The molecule has 0 bridgehead atoms. The number of anilines is 1. The fraction of sp³-hybridized carbons (Fsp3) is 0.500. The van der Waals surface area contributed by atoms with Gasteiger partial charge in [0, 0.05) is 35.9 Å². The third-order valence-corrected chi connectivity index (χ3v) is 11.2. The predicted octanol–water partition coefficient (Wildman–Crippen LogP) is 5.19. The number of nitrogens with one attached hydrogen (secondary N) is 2. The van der Waals surface area contributed by atoms with E-state index >= 15 is 0 Å². The molecule has 2 amide bonds. The van der Waals surface area contributed by atoms with Crippen LogP contribution in [0, 0.1) is 0 Å². The van der Waals surface area contributed by atoms with Crippen LogP contribution in [0.2, 0.25) is 0 Å². The zero-order valence-corrected chi connectivity index (χ0v) is 31.1. The molecular weight excluding hydrogens is 665 g/mol. The number of aromatic hydroxyl groups is 2. The van der Waals surface area contributed by atoms with Crippen LogP contribution in [0.15, 0.2) is 60.7 Å². The highest BCUT2D eigenvalue weighted by molar-refractivity contribution is 7.99. The largest absolute Gasteiger partial charge is 0.508 e. The third kappa shape index (κ3) is 9.97. The molecule has 4 N–H and O–H groups in total. The first-order valence-electron chi connectivity index (χ1n) is 18.2. The first-order valence-corrected chi connectivity index (χ1v) is 19.4. The van der Waals surface area contributed by atoms with Gasteiger partial charge in [-0.2, -0.15) is 11.8 Å². The van der Waals surface area contributed by atoms with Crippen molar-refractivity contribution in [2.45, 2.75) is 57.4 Å². The topological polar surface area (TPSA) is 124 Å². The van der Waals surface area contributed by atoms with Crippen molar-refractivity contribution in [2.24, 2.45) is 0 Å². The minimum atomic E-state index is -0.287. The number of phenolic OH excluding ortho intramolecular Hbond substituents is 2. The summed E-state index contributed by atoms with van der Waals surface area (Å²) in [6, 6.07) is 20.0. The van der Waals surface area contributed by atoms with Crippen molar-refractivity contribution < 1.29 is 29.3 Å². The number of hydrogen-bond acceptors (Lipinski definition) is 9. The number of likely N-dealkylation sites (tertiary alicyclic amines) is 1. The molecular formula is C40H54N4O6S. The normalized spacial score (nSPS) is 16.2. The molecule has 51 heavy (non-hydrogen) atoms. The lowest BCUT2D eigenvalue weighted by molar-refractivity contribution is -0.133. The summed E-state index contributed by atoms with van der Waals surface area (Å²) in [5, 5.41) is 27.3. The van der Waals surface area contributed by atoms with Crippen molar-refractivity contribution in [1.82, 2.24) is 15.1 Å². The average Bonchev–Trinajstić information content (AvgIpc) is 3.14. The molecule has 276 valence electrons. The zero-order valence-electron chi connectivity index (χ0n) is 30.3. The number of carbonyl (C=O) groups excluding carboxylic acids is 2. The fourth-order valence-electron chi connectivity index (χ4n) is 7.12. The molecule has 1 fully saturated rings. The molecule has 0 saturated carbocycles. The SMILES string of the molecule is CCSC[C@@H](C)N(CCNCCc1ccc(O)c2c1OCC(=O)N2)C(=O)CCOCCc1ccc(O)c(C2(c3ccccc3)CCN(C)CC2)c1. The first kappa shape index (κ1) is 38.5. The van der Waals surface area contributed by atoms with Crippen molar-refractivity contribution in [1.29, 1.82) is 0 Å². The van der Waals surface area contributed by atoms with Gasteiger partial charge >= 0.3 is 0 Å². The summed E-state index contributed by atoms with van der Waals surface area (Å²) in [6.45, 7) is 8.81. The van der Waals surface area contributed by atoms with Crippen LogP contribution < -0.4 is 15.4 Å². The molecule has 11 heteroatoms. The van der Waals surface area contributed by atoms with Gasteiger partial charge in [0.1, 0.15) is 17.2 Å². The van der Waals surface area contributed by atoms with Crippen LogP contribution in [0.4, 0.5) is 5.69 Å². The molecule has 2 aliphatic rings. The lowest BCUT2D eigenvalue weighted by atomic mass is 9.67. The Morgan fingerprint density at radius 1 is 1.06 bits per heavy atom. The minimum absolute atomic E-state index is 0.0129. The number of ether oxygens (including phenoxy) is 2. The maximum absolute atomic E-state index is 13.4. The maximum Gasteiger partial charge on any atom is 0.262 e. The second-order valence-corrected chi connectivity index (χ2v) is 14.9. The summed E-state index contributed by atoms with van der Waals surface area (Å²) in [4.78, 5) is 29.4. The Morgan fingerprint density at radius 3 is 2.59 bits per heavy atom. The van der Waals surface area contributed by atoms with E-state index in [1.54, 1.807) is 6.07 Å². The van der Waals surface area contributed by atoms with Crippen LogP contribution in [0.1, 0.15) is 55.4 Å². The van der Waals surface area contributed by atoms with Crippen molar-refractivity contribution in [2.75, 3.05) is 76.4 Å². The Kier molecular flexibility index (Phi) is 14.1. The molecule has 5 rings (SSSR count). The number of benzene rings is 3. The molecule has 2 aliphatic heterocycles. The lowest BCUT2D eigenvalue weighted by Gasteiger charge is -2.42. The van der Waals surface area contributed by atoms with Gasteiger partial charge in [0.05, 0.1) is 19.6 Å². The van der Waals surface area contributed by atoms with E-state index in [9.17, 15) is 19.8 Å². The molecule has 0 spiro atoms. The molecule has 3 aromatic rings. The predicted molar refractivity (Wildman–Crippen MR) is 204 cm³/mol. The highest BCUT2D eigenvalue weighted by Crippen LogP contribution is 2.45. The molecule has 3 aromatic carbocycles. The van der Waals surface area contributed by atoms with Crippen molar-refractivity contribution >= 4 is 29.3 Å². The van der Waals surface area contributed by atoms with Gasteiger partial charge in [0.15, 0.2) is 12.4 Å². The van der Waals surface area contributed by atoms with Crippen LogP contribution >= 0.6 is 11.8 Å². The number of hydrogen-bond donors (Lipinski definition) is 4. The summed E-state index contributed by atoms with van der Waals surface area (Å²) < 4.78 is 11.6. The van der Waals surface area contributed by atoms with Crippen LogP contribution in [0.3, 0.4) is 0 Å². The van der Waals surface area contributed by atoms with E-state index in [0.29, 0.717) is 69.3 Å². The smallest absolute Gasteiger partial charge is 0.262 e. The Morgan fingerprint density at radius 2 is 1.82 bits per heavy atom. The van der Waals surface area contributed by atoms with Crippen LogP contribution in [0.5, 0.6) is 17.2 Å². The number of fused-ring (bicyclic) bond motifs is 1. The van der Waals surface area contributed by atoms with E-state index in [1.165, 1.54) is 5.56 Å². The molecule has 0 unspecified atom stereocenters. The Labute approximate surface area is 306 Å². The molecule has 0 radical (unpaired) electrons. The van der Waals surface area contributed by atoms with E-state index in [1.807, 2.05) is 40.9 Å². The van der Waals surface area contributed by atoms with Crippen molar-refractivity contribution in [3.63, 3.8) is 0 Å². The monoisotopic (exact) mass is 718 g/mol. The minimum Gasteiger partial charge on any atom is -0.508 e. The summed E-state index contributed by atoms with van der Waals surface area (Å²) in [5.41, 5.74) is 4.34. The Bertz CT molecular complexity index is 1600. The number of amides is 2. The zero-order chi connectivity index (χ0) is 36.2. The average molecular weight is 719 g/mol. The van der Waals surface area contributed by atoms with Gasteiger partial charge in [-0.25, -0.2) is 0 Å². The van der Waals surface area contributed by atoms with Gasteiger partial charge in [-0.15, -0.1) is 0 Å². The molecule has 1 saturated heterocycles. The number of rotatable bonds is 18. The van der Waals surface area contributed by atoms with E-state index in [2.05, 4.69) is 66.8 Å². The van der Waals surface area contributed by atoms with Crippen LogP contribution in [-0.4, -0.2) is 109 Å². The summed E-state index contributed by atoms with van der Waals surface area (Å²) in [6.07, 6.45) is 3.55. The summed E-state index contributed by atoms with van der Waals surface area (Å²) >= 11 is 1.83. The van der Waals surface area contributed by atoms with Gasteiger partial charge < -0.3 is 40.1 Å². The molecule has 2 heterocycles. The molecule has 10 nitrogen and oxygen atoms in total. The third-order valence-electron chi connectivity index (χ3n) is 10.1. The Balaban J connectivity index is 1.10. The number of nitrogens with zero attached hydrogens (tertiary/aromatic N) is 2. The molecule has 0 aromatic heterocycles. The summed E-state index contributed by atoms with van der Waals surface area (Å²) in [7, 11) is 2.15. The second-order valence-electron chi connectivity index (χ2n) is 13.6. The fourth-order valence-corrected chi connectivity index (χ4v) is 7.87. The highest BCUT2D eigenvalue weighted by Gasteiger charge is 2.39. The van der Waals surface area contributed by atoms with Gasteiger partial charge in [-0.1, -0.05) is 55.5 Å². The standard InChI is InChI=1S/C40H54N4O6S/c1-4-51-28-29(2)44(23-20-41-19-14-31-11-13-35(46)38-39(31)50-27-36(47)42-38)37(48)16-25-49-24-15-30-10-12-34(45)33(26-30)40(17-21-43(3)22-18-40)32-8-6-5-7-9-32/h5-13,26,29,41,45-46H,4,14-25,27-28H2,1-3H3,(H,42,47)/t29-/m1/s1. The van der Waals surface area contributed by atoms with Crippen LogP contribution in [-0.2, 0) is 32.6 Å². The van der Waals surface area contributed by atoms with Gasteiger partial charge in [-0.3, -0.25) is 9.59 Å². The quantitative estimate of drug-likeness (QED) is 0.104. The molecule has 1 atom stereocenters. The van der Waals surface area contributed by atoms with E-state index in [0.717, 1.165) is 54.1 Å². The van der Waals surface area contributed by atoms with E-state index in [4.69, 9.17) is 9.47 Å². The highest BCUT2D eigenvalue weighted by atomic mass is 32.2. The Hall–Kier alpha value is -3.77. The molecule has 0 aliphatic carbocycles. The summed E-state index contributed by atoms with van der Waals surface area (Å²) in [5.74, 6) is 2.50. The van der Waals surface area contributed by atoms with Crippen LogP contribution in [0.25, 0.3) is 0 Å². The number of phenols is 2. The van der Waals surface area contributed by atoms with E-state index in [-0.39, 0.29) is 35.6 Å². The number of carbonyl (C=O) groups is 2. The van der Waals surface area contributed by atoms with Crippen molar-refractivity contribution in [3.8, 4) is 17.2 Å². The van der Waals surface area contributed by atoms with Crippen molar-refractivity contribution in [3.05, 3.63) is 82.9 Å².